The van der Waals surface area contributed by atoms with Gasteiger partial charge in [-0.1, -0.05) is 59.8 Å². The van der Waals surface area contributed by atoms with E-state index in [0.29, 0.717) is 0 Å². The Morgan fingerprint density at radius 2 is 1.90 bits per heavy atom. The van der Waals surface area contributed by atoms with Crippen LogP contribution in [-0.4, -0.2) is 21.0 Å². The maximum atomic E-state index is 6.64. The van der Waals surface area contributed by atoms with Gasteiger partial charge in [-0.25, -0.2) is 4.68 Å². The number of aromatic nitrogens is 3. The summed E-state index contributed by atoms with van der Waals surface area (Å²) in [5.41, 5.74) is 5.65. The number of thioether (sulfide) groups is 1. The molecular weight excluding hydrogens is 424 g/mol. The maximum absolute atomic E-state index is 6.64. The number of nitrogens with one attached hydrogen (secondary N) is 1. The Labute approximate surface area is 188 Å². The number of thiophene rings is 1. The predicted molar refractivity (Wildman–Crippen MR) is 126 cm³/mol. The minimum absolute atomic E-state index is 0.0840. The first-order chi connectivity index (χ1) is 15.2. The van der Waals surface area contributed by atoms with Gasteiger partial charge in [0.05, 0.1) is 5.70 Å². The van der Waals surface area contributed by atoms with Gasteiger partial charge in [0.25, 0.3) is 0 Å². The molecule has 0 saturated heterocycles. The van der Waals surface area contributed by atoms with E-state index in [1.165, 1.54) is 10.4 Å². The fraction of sp³-hybridized carbons (Fsp3) is 0.167. The zero-order valence-electron chi connectivity index (χ0n) is 17.1. The number of para-hydroxylation sites is 1. The van der Waals surface area contributed by atoms with Crippen molar-refractivity contribution in [2.45, 2.75) is 24.2 Å². The molecule has 154 valence electrons. The molecule has 2 aromatic heterocycles. The molecule has 0 radical (unpaired) electrons. The second kappa shape index (κ2) is 7.28. The van der Waals surface area contributed by atoms with Crippen molar-refractivity contribution in [3.8, 4) is 5.75 Å². The molecule has 2 aliphatic rings. The lowest BCUT2D eigenvalue weighted by molar-refractivity contribution is 0.223. The van der Waals surface area contributed by atoms with Crippen LogP contribution in [0.5, 0.6) is 5.75 Å². The normalized spacial score (nSPS) is 19.2. The first-order valence-electron chi connectivity index (χ1n) is 10.1. The lowest BCUT2D eigenvalue weighted by atomic mass is 9.87. The van der Waals surface area contributed by atoms with Crippen LogP contribution in [0.2, 0.25) is 0 Å². The van der Waals surface area contributed by atoms with Crippen LogP contribution >= 0.6 is 23.1 Å². The van der Waals surface area contributed by atoms with Crippen molar-refractivity contribution in [3.63, 3.8) is 0 Å². The number of hydrogen-bond donors (Lipinski definition) is 1. The predicted octanol–water partition coefficient (Wildman–Crippen LogP) is 5.93. The highest BCUT2D eigenvalue weighted by Gasteiger charge is 2.41. The summed E-state index contributed by atoms with van der Waals surface area (Å²) < 4.78 is 8.65. The van der Waals surface area contributed by atoms with Crippen LogP contribution in [0.25, 0.3) is 5.70 Å². The number of anilines is 1. The molecule has 0 amide bonds. The van der Waals surface area contributed by atoms with Gasteiger partial charge in [-0.05, 0) is 42.3 Å². The molecule has 0 bridgehead atoms. The van der Waals surface area contributed by atoms with Crippen LogP contribution in [-0.2, 0) is 0 Å². The lowest BCUT2D eigenvalue weighted by Gasteiger charge is -2.38. The first kappa shape index (κ1) is 18.7. The molecule has 2 aliphatic heterocycles. The Bertz CT molecular complexity index is 1290. The monoisotopic (exact) mass is 444 g/mol. The van der Waals surface area contributed by atoms with Gasteiger partial charge in [-0.15, -0.1) is 16.4 Å². The first-order valence-corrected chi connectivity index (χ1v) is 12.2. The minimum atomic E-state index is -0.222. The Balaban J connectivity index is 1.62. The summed E-state index contributed by atoms with van der Waals surface area (Å²) in [4.78, 5) is 5.95. The molecule has 0 unspecified atom stereocenters. The van der Waals surface area contributed by atoms with Crippen molar-refractivity contribution in [3.05, 3.63) is 93.2 Å². The number of rotatable bonds is 3. The Morgan fingerprint density at radius 1 is 1.06 bits per heavy atom. The van der Waals surface area contributed by atoms with Gasteiger partial charge in [-0.2, -0.15) is 4.98 Å². The molecule has 0 saturated carbocycles. The van der Waals surface area contributed by atoms with Crippen LogP contribution in [0, 0.1) is 6.92 Å². The van der Waals surface area contributed by atoms with E-state index < -0.39 is 0 Å². The molecule has 0 spiro atoms. The molecule has 4 aromatic rings. The fourth-order valence-electron chi connectivity index (χ4n) is 4.28. The van der Waals surface area contributed by atoms with Crippen LogP contribution in [0.4, 0.5) is 5.95 Å². The molecule has 2 atom stereocenters. The second-order valence-electron chi connectivity index (χ2n) is 7.64. The molecule has 31 heavy (non-hydrogen) atoms. The summed E-state index contributed by atoms with van der Waals surface area (Å²) >= 11 is 3.28. The third-order valence-corrected chi connectivity index (χ3v) is 7.20. The zero-order valence-corrected chi connectivity index (χ0v) is 18.7. The van der Waals surface area contributed by atoms with Gasteiger partial charge in [0, 0.05) is 16.0 Å². The van der Waals surface area contributed by atoms with E-state index in [0.717, 1.165) is 39.3 Å². The van der Waals surface area contributed by atoms with E-state index in [1.54, 1.807) is 23.1 Å². The SMILES string of the molecule is CSc1nc2n(n1)[C@@H](c1cccs1)C1=C(N2)c2ccccc2O[C@@H]1c1ccc(C)cc1. The van der Waals surface area contributed by atoms with Crippen LogP contribution in [0.3, 0.4) is 0 Å². The molecule has 4 heterocycles. The zero-order chi connectivity index (χ0) is 20.9. The summed E-state index contributed by atoms with van der Waals surface area (Å²) in [5, 5.41) is 11.3. The molecule has 5 nitrogen and oxygen atoms in total. The van der Waals surface area contributed by atoms with E-state index in [-0.39, 0.29) is 12.1 Å². The Morgan fingerprint density at radius 3 is 2.68 bits per heavy atom. The van der Waals surface area contributed by atoms with Crippen LogP contribution in [0.1, 0.15) is 33.7 Å². The van der Waals surface area contributed by atoms with Gasteiger partial charge in [0.15, 0.2) is 0 Å². The second-order valence-corrected chi connectivity index (χ2v) is 9.40. The summed E-state index contributed by atoms with van der Waals surface area (Å²) in [5.74, 6) is 1.64. The van der Waals surface area contributed by atoms with Crippen molar-refractivity contribution in [2.24, 2.45) is 0 Å². The molecule has 7 heteroatoms. The average molecular weight is 445 g/mol. The number of hydrogen-bond acceptors (Lipinski definition) is 6. The average Bonchev–Trinajstić information content (AvgIpc) is 3.47. The molecule has 0 fully saturated rings. The van der Waals surface area contributed by atoms with E-state index in [1.807, 2.05) is 29.1 Å². The minimum Gasteiger partial charge on any atom is -0.480 e. The van der Waals surface area contributed by atoms with Gasteiger partial charge >= 0.3 is 0 Å². The van der Waals surface area contributed by atoms with Crippen molar-refractivity contribution in [1.82, 2.24) is 14.8 Å². The summed E-state index contributed by atoms with van der Waals surface area (Å²) in [7, 11) is 0. The van der Waals surface area contributed by atoms with E-state index in [2.05, 4.69) is 60.1 Å². The maximum Gasteiger partial charge on any atom is 0.227 e. The molecular formula is C24H20N4OS2. The molecule has 6 rings (SSSR count). The smallest absolute Gasteiger partial charge is 0.227 e. The summed E-state index contributed by atoms with van der Waals surface area (Å²) in [6.45, 7) is 2.10. The van der Waals surface area contributed by atoms with Gasteiger partial charge in [0.1, 0.15) is 17.9 Å². The van der Waals surface area contributed by atoms with E-state index in [4.69, 9.17) is 14.8 Å². The standard InChI is InChI=1S/C24H20N4OS2/c1-14-9-11-15(12-10-14)22-19-20(16-6-3-4-7-17(16)29-22)25-23-26-24(30-2)27-28(23)21(19)18-8-5-13-31-18/h3-13,21-22H,1-2H3,(H,25,26,27)/t21-,22+/m0/s1. The Hall–Kier alpha value is -3.03. The van der Waals surface area contributed by atoms with Crippen molar-refractivity contribution in [2.75, 3.05) is 11.6 Å². The van der Waals surface area contributed by atoms with E-state index in [9.17, 15) is 0 Å². The Kier molecular flexibility index (Phi) is 4.40. The highest BCUT2D eigenvalue weighted by molar-refractivity contribution is 7.98. The molecule has 1 N–H and O–H groups in total. The molecule has 2 aromatic carbocycles. The largest absolute Gasteiger partial charge is 0.480 e. The summed E-state index contributed by atoms with van der Waals surface area (Å²) in [6, 6.07) is 21.0. The van der Waals surface area contributed by atoms with Crippen LogP contribution in [0.15, 0.2) is 76.8 Å². The number of aryl methyl sites for hydroxylation is 1. The number of fused-ring (bicyclic) bond motifs is 3. The van der Waals surface area contributed by atoms with Crippen molar-refractivity contribution < 1.29 is 4.74 Å². The third kappa shape index (κ3) is 2.99. The third-order valence-electron chi connectivity index (χ3n) is 5.74. The quantitative estimate of drug-likeness (QED) is 0.397. The van der Waals surface area contributed by atoms with Gasteiger partial charge < -0.3 is 10.1 Å². The van der Waals surface area contributed by atoms with E-state index >= 15 is 0 Å². The topological polar surface area (TPSA) is 52.0 Å². The van der Waals surface area contributed by atoms with Crippen molar-refractivity contribution >= 4 is 34.7 Å². The lowest BCUT2D eigenvalue weighted by Crippen LogP contribution is -2.32. The number of benzene rings is 2. The van der Waals surface area contributed by atoms with Gasteiger partial charge in [0.2, 0.25) is 11.1 Å². The van der Waals surface area contributed by atoms with Crippen LogP contribution < -0.4 is 10.1 Å². The number of ether oxygens (including phenoxy) is 1. The highest BCUT2D eigenvalue weighted by atomic mass is 32.2. The number of nitrogens with zero attached hydrogens (tertiary/aromatic N) is 3. The highest BCUT2D eigenvalue weighted by Crippen LogP contribution is 2.51. The fourth-order valence-corrected chi connectivity index (χ4v) is 5.46. The molecule has 0 aliphatic carbocycles. The van der Waals surface area contributed by atoms with Gasteiger partial charge in [-0.3, -0.25) is 0 Å². The van der Waals surface area contributed by atoms with Crippen molar-refractivity contribution in [1.29, 1.82) is 0 Å². The summed E-state index contributed by atoms with van der Waals surface area (Å²) in [6.07, 6.45) is 1.78.